The summed E-state index contributed by atoms with van der Waals surface area (Å²) in [6.07, 6.45) is -0.637. The van der Waals surface area contributed by atoms with E-state index in [0.29, 0.717) is 27.2 Å². The Morgan fingerprint density at radius 1 is 1.27 bits per heavy atom. The van der Waals surface area contributed by atoms with Gasteiger partial charge in [-0.3, -0.25) is 4.79 Å². The third kappa shape index (κ3) is 5.65. The SMILES string of the molecule is CC(C)(C)OC(=O)N[C@@H](Cc1cc(F)cc(F)c1)c1nc2c(cc1Br)NC(=O)CN2. The van der Waals surface area contributed by atoms with Crippen LogP contribution in [0.3, 0.4) is 0 Å². The smallest absolute Gasteiger partial charge is 0.408 e. The lowest BCUT2D eigenvalue weighted by Gasteiger charge is -2.26. The first-order chi connectivity index (χ1) is 14.0. The van der Waals surface area contributed by atoms with E-state index in [9.17, 15) is 18.4 Å². The van der Waals surface area contributed by atoms with Gasteiger partial charge in [0.05, 0.1) is 24.0 Å². The van der Waals surface area contributed by atoms with Gasteiger partial charge in [-0.25, -0.2) is 18.6 Å². The van der Waals surface area contributed by atoms with E-state index < -0.39 is 29.4 Å². The first-order valence-electron chi connectivity index (χ1n) is 9.19. The number of hydrogen-bond donors (Lipinski definition) is 3. The molecule has 1 aliphatic rings. The minimum absolute atomic E-state index is 0.0559. The second kappa shape index (κ2) is 8.55. The third-order valence-electron chi connectivity index (χ3n) is 4.08. The number of halogens is 3. The molecule has 3 N–H and O–H groups in total. The molecule has 0 bridgehead atoms. The molecule has 1 aliphatic heterocycles. The summed E-state index contributed by atoms with van der Waals surface area (Å²) in [5.41, 5.74) is 0.496. The van der Waals surface area contributed by atoms with Crippen LogP contribution < -0.4 is 16.0 Å². The Morgan fingerprint density at radius 2 is 1.93 bits per heavy atom. The van der Waals surface area contributed by atoms with E-state index >= 15 is 0 Å². The second-order valence-electron chi connectivity index (χ2n) is 7.83. The van der Waals surface area contributed by atoms with Crippen molar-refractivity contribution < 1.29 is 23.1 Å². The van der Waals surface area contributed by atoms with Crippen molar-refractivity contribution in [3.63, 3.8) is 0 Å². The number of pyridine rings is 1. The Kier molecular flexibility index (Phi) is 6.25. The summed E-state index contributed by atoms with van der Waals surface area (Å²) >= 11 is 3.41. The van der Waals surface area contributed by atoms with Crippen molar-refractivity contribution in [3.8, 4) is 0 Å². The normalized spacial score (nSPS) is 14.3. The molecule has 0 aliphatic carbocycles. The fraction of sp³-hybridized carbons (Fsp3) is 0.350. The fourth-order valence-electron chi connectivity index (χ4n) is 2.97. The monoisotopic (exact) mass is 482 g/mol. The molecule has 160 valence electrons. The fourth-order valence-corrected chi connectivity index (χ4v) is 3.56. The van der Waals surface area contributed by atoms with E-state index in [0.717, 1.165) is 6.07 Å². The number of fused-ring (bicyclic) bond motifs is 1. The van der Waals surface area contributed by atoms with Crippen LogP contribution in [0.15, 0.2) is 28.7 Å². The van der Waals surface area contributed by atoms with E-state index in [1.165, 1.54) is 12.1 Å². The lowest BCUT2D eigenvalue weighted by Crippen LogP contribution is -2.36. The van der Waals surface area contributed by atoms with Gasteiger partial charge in [-0.1, -0.05) is 0 Å². The van der Waals surface area contributed by atoms with Crippen LogP contribution in [0, 0.1) is 11.6 Å². The zero-order valence-electron chi connectivity index (χ0n) is 16.6. The molecule has 0 unspecified atom stereocenters. The Balaban J connectivity index is 1.96. The van der Waals surface area contributed by atoms with Crippen LogP contribution in [0.25, 0.3) is 0 Å². The number of alkyl carbamates (subject to hydrolysis) is 1. The molecule has 0 saturated carbocycles. The number of carbonyl (C=O) groups excluding carboxylic acids is 2. The molecule has 2 heterocycles. The van der Waals surface area contributed by atoms with Crippen LogP contribution in [-0.4, -0.2) is 29.1 Å². The van der Waals surface area contributed by atoms with Gasteiger partial charge in [0.15, 0.2) is 5.82 Å². The molecule has 1 aromatic heterocycles. The molecule has 2 aromatic rings. The Labute approximate surface area is 180 Å². The number of ether oxygens (including phenoxy) is 1. The molecule has 1 aromatic carbocycles. The standard InChI is InChI=1S/C20H21BrF2N4O3/c1-20(2,3)30-19(29)26-14(6-10-4-11(22)7-12(23)5-10)17-13(21)8-15-18(27-17)24-9-16(28)25-15/h4-5,7-8,14H,6,9H2,1-3H3,(H,24,27)(H,25,28)(H,26,29)/t14-/m0/s1. The molecule has 2 amide bonds. The maximum Gasteiger partial charge on any atom is 0.408 e. The van der Waals surface area contributed by atoms with Crippen LogP contribution in [0.5, 0.6) is 0 Å². The largest absolute Gasteiger partial charge is 0.444 e. The number of nitrogens with zero attached hydrogens (tertiary/aromatic N) is 1. The molecule has 3 rings (SSSR count). The maximum absolute atomic E-state index is 13.7. The summed E-state index contributed by atoms with van der Waals surface area (Å²) in [5.74, 6) is -1.22. The minimum atomic E-state index is -0.764. The average molecular weight is 483 g/mol. The highest BCUT2D eigenvalue weighted by Gasteiger charge is 2.26. The number of benzene rings is 1. The lowest BCUT2D eigenvalue weighted by atomic mass is 10.0. The molecular formula is C20H21BrF2N4O3. The van der Waals surface area contributed by atoms with Gasteiger partial charge in [-0.2, -0.15) is 0 Å². The van der Waals surface area contributed by atoms with Crippen LogP contribution in [0.1, 0.15) is 38.1 Å². The first-order valence-corrected chi connectivity index (χ1v) is 9.98. The number of amides is 2. The summed E-state index contributed by atoms with van der Waals surface area (Å²) in [7, 11) is 0. The van der Waals surface area contributed by atoms with Crippen LogP contribution in [0.2, 0.25) is 0 Å². The number of carbonyl (C=O) groups is 2. The third-order valence-corrected chi connectivity index (χ3v) is 4.71. The topological polar surface area (TPSA) is 92.3 Å². The van der Waals surface area contributed by atoms with Gasteiger partial charge in [-0.05, 0) is 66.9 Å². The highest BCUT2D eigenvalue weighted by atomic mass is 79.9. The van der Waals surface area contributed by atoms with Crippen LogP contribution in [0.4, 0.5) is 25.1 Å². The minimum Gasteiger partial charge on any atom is -0.444 e. The van der Waals surface area contributed by atoms with Crippen molar-refractivity contribution in [1.82, 2.24) is 10.3 Å². The molecule has 30 heavy (non-hydrogen) atoms. The molecule has 10 heteroatoms. The highest BCUT2D eigenvalue weighted by Crippen LogP contribution is 2.33. The summed E-state index contributed by atoms with van der Waals surface area (Å²) in [4.78, 5) is 28.5. The Hall–Kier alpha value is -2.75. The van der Waals surface area contributed by atoms with Gasteiger partial charge in [0.25, 0.3) is 0 Å². The summed E-state index contributed by atoms with van der Waals surface area (Å²) in [6, 6.07) is 4.05. The second-order valence-corrected chi connectivity index (χ2v) is 8.69. The predicted molar refractivity (Wildman–Crippen MR) is 111 cm³/mol. The Bertz CT molecular complexity index is 974. The lowest BCUT2D eigenvalue weighted by molar-refractivity contribution is -0.114. The van der Waals surface area contributed by atoms with E-state index in [4.69, 9.17) is 4.74 Å². The first kappa shape index (κ1) is 21.9. The molecular weight excluding hydrogens is 462 g/mol. The van der Waals surface area contributed by atoms with Gasteiger partial charge >= 0.3 is 6.09 Å². The van der Waals surface area contributed by atoms with Crippen molar-refractivity contribution in [3.05, 3.63) is 51.6 Å². The summed E-state index contributed by atoms with van der Waals surface area (Å²) in [6.45, 7) is 5.23. The van der Waals surface area contributed by atoms with Gasteiger partial charge in [0.2, 0.25) is 5.91 Å². The van der Waals surface area contributed by atoms with Crippen molar-refractivity contribution in [2.45, 2.75) is 38.8 Å². The quantitative estimate of drug-likeness (QED) is 0.604. The number of aromatic nitrogens is 1. The number of anilines is 2. The average Bonchev–Trinajstić information content (AvgIpc) is 2.58. The summed E-state index contributed by atoms with van der Waals surface area (Å²) < 4.78 is 33.2. The zero-order valence-corrected chi connectivity index (χ0v) is 18.2. The van der Waals surface area contributed by atoms with Crippen LogP contribution in [-0.2, 0) is 16.0 Å². The molecule has 0 fully saturated rings. The zero-order chi connectivity index (χ0) is 22.1. The van der Waals surface area contributed by atoms with Crippen molar-refractivity contribution >= 4 is 39.4 Å². The van der Waals surface area contributed by atoms with Gasteiger partial charge < -0.3 is 20.7 Å². The van der Waals surface area contributed by atoms with Crippen molar-refractivity contribution in [2.75, 3.05) is 17.2 Å². The van der Waals surface area contributed by atoms with Crippen molar-refractivity contribution in [2.24, 2.45) is 0 Å². The molecule has 0 radical (unpaired) electrons. The molecule has 7 nitrogen and oxygen atoms in total. The summed E-state index contributed by atoms with van der Waals surface area (Å²) in [5, 5.41) is 8.32. The molecule has 0 saturated heterocycles. The van der Waals surface area contributed by atoms with Gasteiger partial charge in [0, 0.05) is 10.5 Å². The number of nitrogens with one attached hydrogen (secondary N) is 3. The Morgan fingerprint density at radius 3 is 2.57 bits per heavy atom. The highest BCUT2D eigenvalue weighted by molar-refractivity contribution is 9.10. The number of rotatable bonds is 4. The van der Waals surface area contributed by atoms with E-state index in [-0.39, 0.29) is 18.9 Å². The van der Waals surface area contributed by atoms with Gasteiger partial charge in [-0.15, -0.1) is 0 Å². The van der Waals surface area contributed by atoms with Crippen molar-refractivity contribution in [1.29, 1.82) is 0 Å². The maximum atomic E-state index is 13.7. The van der Waals surface area contributed by atoms with E-state index in [2.05, 4.69) is 36.9 Å². The number of hydrogen-bond acceptors (Lipinski definition) is 5. The molecule has 1 atom stereocenters. The van der Waals surface area contributed by atoms with Gasteiger partial charge in [0.1, 0.15) is 17.2 Å². The van der Waals surface area contributed by atoms with E-state index in [1.807, 2.05) is 0 Å². The van der Waals surface area contributed by atoms with Crippen LogP contribution >= 0.6 is 15.9 Å². The predicted octanol–water partition coefficient (Wildman–Crippen LogP) is 4.29. The molecule has 0 spiro atoms. The van der Waals surface area contributed by atoms with E-state index in [1.54, 1.807) is 26.8 Å².